The van der Waals surface area contributed by atoms with Crippen molar-refractivity contribution in [1.82, 2.24) is 9.13 Å². The van der Waals surface area contributed by atoms with Crippen LogP contribution in [0, 0.1) is 6.57 Å². The first-order chi connectivity index (χ1) is 29.2. The van der Waals surface area contributed by atoms with Crippen LogP contribution in [-0.2, 0) is 0 Å². The monoisotopic (exact) mass is 751 g/mol. The number of fused-ring (bicyclic) bond motifs is 9. The number of rotatable bonds is 5. The van der Waals surface area contributed by atoms with Gasteiger partial charge in [-0.05, 0) is 76.9 Å². The summed E-state index contributed by atoms with van der Waals surface area (Å²) in [5.74, 6) is 0. The van der Waals surface area contributed by atoms with Crippen molar-refractivity contribution in [2.24, 2.45) is 0 Å². The van der Waals surface area contributed by atoms with Gasteiger partial charge in [0.2, 0.25) is 0 Å². The summed E-state index contributed by atoms with van der Waals surface area (Å²) < 4.78 is 11.2. The molecule has 0 radical (unpaired) electrons. The number of aromatic nitrogens is 2. The molecule has 59 heavy (non-hydrogen) atoms. The number of nitrogens with zero attached hydrogens (tertiary/aromatic N) is 3. The molecule has 0 N–H and O–H groups in total. The van der Waals surface area contributed by atoms with Crippen molar-refractivity contribution < 1.29 is 4.42 Å². The largest absolute Gasteiger partial charge is 0.455 e. The van der Waals surface area contributed by atoms with Crippen molar-refractivity contribution in [3.63, 3.8) is 0 Å². The van der Waals surface area contributed by atoms with E-state index in [-0.39, 0.29) is 0 Å². The zero-order chi connectivity index (χ0) is 39.0. The fourth-order valence-electron chi connectivity index (χ4n) is 9.37. The van der Waals surface area contributed by atoms with E-state index in [1.807, 2.05) is 30.3 Å². The summed E-state index contributed by atoms with van der Waals surface area (Å²) in [4.78, 5) is 3.70. The van der Waals surface area contributed by atoms with Gasteiger partial charge in [-0.2, -0.15) is 0 Å². The molecule has 9 aromatic carbocycles. The lowest BCUT2D eigenvalue weighted by Crippen LogP contribution is -1.96. The predicted molar refractivity (Wildman–Crippen MR) is 245 cm³/mol. The molecule has 0 atom stereocenters. The first-order valence-electron chi connectivity index (χ1n) is 19.9. The van der Waals surface area contributed by atoms with Gasteiger partial charge in [-0.1, -0.05) is 146 Å². The Morgan fingerprint density at radius 3 is 1.83 bits per heavy atom. The summed E-state index contributed by atoms with van der Waals surface area (Å²) in [5.41, 5.74) is 15.9. The van der Waals surface area contributed by atoms with Gasteiger partial charge < -0.3 is 13.6 Å². The van der Waals surface area contributed by atoms with Gasteiger partial charge in [0.25, 0.3) is 0 Å². The van der Waals surface area contributed by atoms with Gasteiger partial charge in [0.1, 0.15) is 11.2 Å². The zero-order valence-corrected chi connectivity index (χ0v) is 31.8. The summed E-state index contributed by atoms with van der Waals surface area (Å²) >= 11 is 0. The topological polar surface area (TPSA) is 27.4 Å². The van der Waals surface area contributed by atoms with Crippen molar-refractivity contribution in [1.29, 1.82) is 0 Å². The molecule has 12 aromatic rings. The van der Waals surface area contributed by atoms with Crippen LogP contribution in [0.25, 0.3) is 115 Å². The Morgan fingerprint density at radius 1 is 0.390 bits per heavy atom. The van der Waals surface area contributed by atoms with E-state index in [1.54, 1.807) is 0 Å². The molecule has 274 valence electrons. The van der Waals surface area contributed by atoms with Crippen LogP contribution in [0.5, 0.6) is 0 Å². The maximum atomic E-state index is 7.60. The van der Waals surface area contributed by atoms with Crippen LogP contribution >= 0.6 is 0 Å². The molecule has 0 aliphatic rings. The minimum atomic E-state index is 0.635. The summed E-state index contributed by atoms with van der Waals surface area (Å²) in [6, 6.07) is 71.0. The van der Waals surface area contributed by atoms with Gasteiger partial charge in [-0.3, -0.25) is 0 Å². The molecule has 4 nitrogen and oxygen atoms in total. The number of para-hydroxylation sites is 5. The first-order valence-corrected chi connectivity index (χ1v) is 19.9. The number of hydrogen-bond donors (Lipinski definition) is 0. The molecular formula is C55H33N3O. The van der Waals surface area contributed by atoms with Crippen LogP contribution in [0.3, 0.4) is 0 Å². The van der Waals surface area contributed by atoms with E-state index in [2.05, 4.69) is 184 Å². The summed E-state index contributed by atoms with van der Waals surface area (Å²) in [7, 11) is 0. The third-order valence-electron chi connectivity index (χ3n) is 11.9. The number of hydrogen-bond acceptors (Lipinski definition) is 1. The third kappa shape index (κ3) is 5.02. The minimum Gasteiger partial charge on any atom is -0.455 e. The second kappa shape index (κ2) is 13.0. The Balaban J connectivity index is 1.06. The molecule has 0 aliphatic heterocycles. The number of furan rings is 1. The average Bonchev–Trinajstić information content (AvgIpc) is 3.97. The molecule has 3 heterocycles. The van der Waals surface area contributed by atoms with E-state index in [4.69, 9.17) is 11.0 Å². The second-order valence-corrected chi connectivity index (χ2v) is 15.1. The molecule has 3 aromatic heterocycles. The fourth-order valence-corrected chi connectivity index (χ4v) is 9.37. The SMILES string of the molecule is [C-]#[N+]c1cccc(-c2cccc(-n3c4ccccc4c4cccc(-c5cccc6c5c5ccccc5n6-c5ccc(-c6cccc7c6oc6ccccc67)cc5)c43)c2)c1. The molecule has 0 bridgehead atoms. The van der Waals surface area contributed by atoms with Gasteiger partial charge in [0, 0.05) is 54.8 Å². The number of benzene rings is 9. The van der Waals surface area contributed by atoms with Gasteiger partial charge >= 0.3 is 0 Å². The van der Waals surface area contributed by atoms with Gasteiger partial charge in [0.15, 0.2) is 5.69 Å². The molecule has 0 saturated heterocycles. The van der Waals surface area contributed by atoms with Gasteiger partial charge in [-0.15, -0.1) is 0 Å². The lowest BCUT2D eigenvalue weighted by atomic mass is 9.97. The Hall–Kier alpha value is -8.13. The highest BCUT2D eigenvalue weighted by atomic mass is 16.3. The first kappa shape index (κ1) is 33.1. The van der Waals surface area contributed by atoms with Crippen LogP contribution in [0.4, 0.5) is 5.69 Å². The third-order valence-corrected chi connectivity index (χ3v) is 11.9. The highest BCUT2D eigenvalue weighted by Gasteiger charge is 2.21. The van der Waals surface area contributed by atoms with E-state index < -0.39 is 0 Å². The molecule has 0 unspecified atom stereocenters. The summed E-state index contributed by atoms with van der Waals surface area (Å²) in [5, 5.41) is 7.09. The Kier molecular flexibility index (Phi) is 7.26. The van der Waals surface area contributed by atoms with E-state index >= 15 is 0 Å². The van der Waals surface area contributed by atoms with Crippen molar-refractivity contribution in [3.05, 3.63) is 212 Å². The lowest BCUT2D eigenvalue weighted by Gasteiger charge is -2.14. The average molecular weight is 752 g/mol. The molecule has 0 amide bonds. The Labute approximate surface area is 339 Å². The fraction of sp³-hybridized carbons (Fsp3) is 0. The van der Waals surface area contributed by atoms with E-state index in [1.165, 1.54) is 32.7 Å². The van der Waals surface area contributed by atoms with E-state index in [9.17, 15) is 0 Å². The van der Waals surface area contributed by atoms with Crippen LogP contribution in [0.2, 0.25) is 0 Å². The van der Waals surface area contributed by atoms with Crippen LogP contribution in [-0.4, -0.2) is 9.13 Å². The Bertz CT molecular complexity index is 3690. The summed E-state index contributed by atoms with van der Waals surface area (Å²) in [6.07, 6.45) is 0. The maximum absolute atomic E-state index is 7.60. The smallest absolute Gasteiger partial charge is 0.187 e. The molecule has 0 fully saturated rings. The highest BCUT2D eigenvalue weighted by Crippen LogP contribution is 2.44. The summed E-state index contributed by atoms with van der Waals surface area (Å²) in [6.45, 7) is 7.60. The molecule has 4 heteroatoms. The molecule has 0 saturated carbocycles. The minimum absolute atomic E-state index is 0.635. The maximum Gasteiger partial charge on any atom is 0.187 e. The predicted octanol–water partition coefficient (Wildman–Crippen LogP) is 15.3. The van der Waals surface area contributed by atoms with Crippen LogP contribution < -0.4 is 0 Å². The molecule has 12 rings (SSSR count). The highest BCUT2D eigenvalue weighted by molar-refractivity contribution is 6.20. The molecule has 0 spiro atoms. The van der Waals surface area contributed by atoms with Crippen molar-refractivity contribution in [2.75, 3.05) is 0 Å². The van der Waals surface area contributed by atoms with Crippen LogP contribution in [0.15, 0.2) is 205 Å². The van der Waals surface area contributed by atoms with Crippen LogP contribution in [0.1, 0.15) is 0 Å². The Morgan fingerprint density at radius 2 is 1.00 bits per heavy atom. The van der Waals surface area contributed by atoms with E-state index in [0.717, 1.165) is 77.6 Å². The van der Waals surface area contributed by atoms with Crippen molar-refractivity contribution in [2.45, 2.75) is 0 Å². The lowest BCUT2D eigenvalue weighted by molar-refractivity contribution is 0.670. The van der Waals surface area contributed by atoms with Crippen molar-refractivity contribution >= 4 is 71.2 Å². The molecular weight excluding hydrogens is 719 g/mol. The normalized spacial score (nSPS) is 11.7. The van der Waals surface area contributed by atoms with Gasteiger partial charge in [-0.25, -0.2) is 4.85 Å². The second-order valence-electron chi connectivity index (χ2n) is 15.1. The van der Waals surface area contributed by atoms with Gasteiger partial charge in [0.05, 0.1) is 28.6 Å². The van der Waals surface area contributed by atoms with E-state index in [0.29, 0.717) is 5.69 Å². The van der Waals surface area contributed by atoms with Crippen molar-refractivity contribution in [3.8, 4) is 44.8 Å². The molecule has 0 aliphatic carbocycles. The standard InChI is InChI=1S/C55H33N3O/c1-56-38-15-8-13-36(33-38)37-14-9-16-40(34-37)58-49-25-5-2-17-42(49)45-22-11-23-46(54(45)58)44-21-12-27-51-53(44)48-19-3-6-26-50(48)57(51)39-31-29-35(30-32-39)41-20-10-24-47-43-18-4-7-28-52(43)59-55(41)47/h2-34H. The zero-order valence-electron chi connectivity index (χ0n) is 31.8. The quantitative estimate of drug-likeness (QED) is 0.161.